The molecule has 0 heterocycles. The number of halogens is 1. The van der Waals surface area contributed by atoms with E-state index in [2.05, 4.69) is 15.9 Å². The van der Waals surface area contributed by atoms with Crippen molar-refractivity contribution in [2.24, 2.45) is 0 Å². The fourth-order valence-electron chi connectivity index (χ4n) is 1.12. The molecule has 1 aromatic carbocycles. The average Bonchev–Trinajstić information content (AvgIpc) is 2.16. The highest BCUT2D eigenvalue weighted by atomic mass is 79.9. The molecule has 4 heteroatoms. The van der Waals surface area contributed by atoms with Crippen LogP contribution in [0.3, 0.4) is 0 Å². The van der Waals surface area contributed by atoms with E-state index in [1.54, 1.807) is 0 Å². The van der Waals surface area contributed by atoms with Crippen LogP contribution < -0.4 is 0 Å². The third kappa shape index (κ3) is 1.88. The van der Waals surface area contributed by atoms with E-state index < -0.39 is 0 Å². The second-order valence-electron chi connectivity index (χ2n) is 2.70. The van der Waals surface area contributed by atoms with Gasteiger partial charge in [-0.15, -0.1) is 0 Å². The Morgan fingerprint density at radius 3 is 2.64 bits per heavy atom. The summed E-state index contributed by atoms with van der Waals surface area (Å²) in [5, 5.41) is 8.79. The summed E-state index contributed by atoms with van der Waals surface area (Å²) in [5.74, 6) is -0.231. The molecule has 0 unspecified atom stereocenters. The van der Waals surface area contributed by atoms with Gasteiger partial charge in [0.2, 0.25) is 0 Å². The van der Waals surface area contributed by atoms with Gasteiger partial charge in [-0.05, 0) is 19.1 Å². The summed E-state index contributed by atoms with van der Waals surface area (Å²) in [6, 6.07) is 4.90. The van der Waals surface area contributed by atoms with E-state index in [-0.39, 0.29) is 22.5 Å². The number of hydrogen-bond acceptors (Lipinski definition) is 3. The number of nitriles is 1. The third-order valence-electron chi connectivity index (χ3n) is 1.75. The van der Waals surface area contributed by atoms with Gasteiger partial charge in [0.25, 0.3) is 0 Å². The first-order valence-corrected chi connectivity index (χ1v) is 4.59. The van der Waals surface area contributed by atoms with Crippen molar-refractivity contribution in [3.8, 4) is 6.07 Å². The number of carbonyl (C=O) groups is 2. The van der Waals surface area contributed by atoms with Gasteiger partial charge >= 0.3 is 0 Å². The first-order valence-electron chi connectivity index (χ1n) is 3.80. The smallest absolute Gasteiger partial charge is 0.161 e. The maximum atomic E-state index is 11.2. The largest absolute Gasteiger partial charge is 0.298 e. The van der Waals surface area contributed by atoms with Crippen LogP contribution in [0.2, 0.25) is 0 Å². The van der Waals surface area contributed by atoms with E-state index >= 15 is 0 Å². The van der Waals surface area contributed by atoms with Crippen molar-refractivity contribution in [1.29, 1.82) is 5.26 Å². The summed E-state index contributed by atoms with van der Waals surface area (Å²) in [7, 11) is 0. The van der Waals surface area contributed by atoms with Gasteiger partial charge in [0.05, 0.1) is 5.56 Å². The number of nitrogens with zero attached hydrogens (tertiary/aromatic N) is 1. The van der Waals surface area contributed by atoms with Crippen LogP contribution in [-0.2, 0) is 0 Å². The molecule has 0 bridgehead atoms. The van der Waals surface area contributed by atoms with Crippen molar-refractivity contribution < 1.29 is 9.59 Å². The number of rotatable bonds is 2. The van der Waals surface area contributed by atoms with Crippen LogP contribution >= 0.6 is 15.9 Å². The van der Waals surface area contributed by atoms with Crippen molar-refractivity contribution >= 4 is 28.0 Å². The molecule has 1 aromatic rings. The summed E-state index contributed by atoms with van der Waals surface area (Å²) in [5.41, 5.74) is 0.631. The molecule has 0 saturated heterocycles. The predicted molar refractivity (Wildman–Crippen MR) is 54.2 cm³/mol. The number of Topliss-reactive ketones (excluding diaryl/α,β-unsaturated/α-hetero) is 1. The van der Waals surface area contributed by atoms with Crippen LogP contribution in [0.15, 0.2) is 16.6 Å². The highest BCUT2D eigenvalue weighted by molar-refractivity contribution is 9.10. The Kier molecular flexibility index (Phi) is 3.15. The molecule has 0 fully saturated rings. The molecule has 0 aromatic heterocycles. The van der Waals surface area contributed by atoms with Crippen molar-refractivity contribution in [3.05, 3.63) is 33.3 Å². The van der Waals surface area contributed by atoms with E-state index in [0.29, 0.717) is 10.8 Å². The molecule has 0 amide bonds. The lowest BCUT2D eigenvalue weighted by molar-refractivity contribution is 0.101. The molecule has 0 aliphatic carbocycles. The van der Waals surface area contributed by atoms with Gasteiger partial charge in [-0.2, -0.15) is 5.26 Å². The van der Waals surface area contributed by atoms with E-state index in [9.17, 15) is 9.59 Å². The first-order chi connectivity index (χ1) is 6.60. The maximum Gasteiger partial charge on any atom is 0.161 e. The van der Waals surface area contributed by atoms with Crippen LogP contribution in [0.4, 0.5) is 0 Å². The summed E-state index contributed by atoms with van der Waals surface area (Å²) in [6.07, 6.45) is 0.565. The van der Waals surface area contributed by atoms with Crippen molar-refractivity contribution in [2.75, 3.05) is 0 Å². The summed E-state index contributed by atoms with van der Waals surface area (Å²) in [4.78, 5) is 21.8. The number of benzene rings is 1. The molecule has 1 rings (SSSR count). The Morgan fingerprint density at radius 1 is 1.57 bits per heavy atom. The normalized spacial score (nSPS) is 9.21. The lowest BCUT2D eigenvalue weighted by Gasteiger charge is -2.03. The standard InChI is InChI=1S/C10H6BrNO2/c1-6(14)9-3-8(11)2-7(5-13)10(9)4-12/h2-3,5H,1H3. The zero-order valence-electron chi connectivity index (χ0n) is 7.37. The monoisotopic (exact) mass is 251 g/mol. The fourth-order valence-corrected chi connectivity index (χ4v) is 1.60. The molecule has 0 radical (unpaired) electrons. The van der Waals surface area contributed by atoms with Gasteiger partial charge in [0, 0.05) is 15.6 Å². The van der Waals surface area contributed by atoms with Gasteiger partial charge in [-0.1, -0.05) is 15.9 Å². The van der Waals surface area contributed by atoms with Crippen molar-refractivity contribution in [1.82, 2.24) is 0 Å². The Labute approximate surface area is 89.5 Å². The first kappa shape index (κ1) is 10.6. The molecule has 0 aliphatic rings. The molecule has 3 nitrogen and oxygen atoms in total. The number of ketones is 1. The lowest BCUT2D eigenvalue weighted by atomic mass is 10.0. The topological polar surface area (TPSA) is 57.9 Å². The van der Waals surface area contributed by atoms with E-state index in [4.69, 9.17) is 5.26 Å². The molecule has 14 heavy (non-hydrogen) atoms. The molecule has 0 aliphatic heterocycles. The summed E-state index contributed by atoms with van der Waals surface area (Å²) >= 11 is 3.16. The van der Waals surface area contributed by atoms with Gasteiger partial charge in [-0.3, -0.25) is 9.59 Å². The van der Waals surface area contributed by atoms with Gasteiger partial charge in [0.1, 0.15) is 6.07 Å². The van der Waals surface area contributed by atoms with Gasteiger partial charge in [0.15, 0.2) is 12.1 Å². The number of hydrogen-bond donors (Lipinski definition) is 0. The third-order valence-corrected chi connectivity index (χ3v) is 2.21. The second kappa shape index (κ2) is 4.16. The zero-order chi connectivity index (χ0) is 10.7. The molecule has 0 N–H and O–H groups in total. The molecule has 0 spiro atoms. The highest BCUT2D eigenvalue weighted by Gasteiger charge is 2.12. The Morgan fingerprint density at radius 2 is 2.21 bits per heavy atom. The van der Waals surface area contributed by atoms with E-state index in [0.717, 1.165) is 0 Å². The highest BCUT2D eigenvalue weighted by Crippen LogP contribution is 2.20. The minimum absolute atomic E-state index is 0.135. The minimum Gasteiger partial charge on any atom is -0.298 e. The fraction of sp³-hybridized carbons (Fsp3) is 0.100. The van der Waals surface area contributed by atoms with Crippen LogP contribution in [0.25, 0.3) is 0 Å². The summed E-state index contributed by atoms with van der Waals surface area (Å²) < 4.78 is 0.615. The quantitative estimate of drug-likeness (QED) is 0.599. The number of carbonyl (C=O) groups excluding carboxylic acids is 2. The molecule has 70 valence electrons. The minimum atomic E-state index is -0.231. The second-order valence-corrected chi connectivity index (χ2v) is 3.62. The Hall–Kier alpha value is -1.47. The van der Waals surface area contributed by atoms with Crippen LogP contribution in [0.5, 0.6) is 0 Å². The molecular formula is C10H6BrNO2. The van der Waals surface area contributed by atoms with Crippen LogP contribution in [0.1, 0.15) is 33.2 Å². The Bertz CT molecular complexity index is 446. The maximum absolute atomic E-state index is 11.2. The van der Waals surface area contributed by atoms with E-state index in [1.165, 1.54) is 19.1 Å². The van der Waals surface area contributed by atoms with Crippen molar-refractivity contribution in [2.45, 2.75) is 6.92 Å². The lowest BCUT2D eigenvalue weighted by Crippen LogP contribution is -2.00. The average molecular weight is 252 g/mol. The molecule has 0 atom stereocenters. The Balaban J connectivity index is 3.57. The van der Waals surface area contributed by atoms with Crippen molar-refractivity contribution in [3.63, 3.8) is 0 Å². The molecular weight excluding hydrogens is 246 g/mol. The zero-order valence-corrected chi connectivity index (χ0v) is 8.96. The predicted octanol–water partition coefficient (Wildman–Crippen LogP) is 2.34. The SMILES string of the molecule is CC(=O)c1cc(Br)cc(C=O)c1C#N. The van der Waals surface area contributed by atoms with Gasteiger partial charge in [-0.25, -0.2) is 0 Å². The number of aldehydes is 1. The van der Waals surface area contributed by atoms with E-state index in [1.807, 2.05) is 6.07 Å². The molecule has 0 saturated carbocycles. The van der Waals surface area contributed by atoms with Gasteiger partial charge < -0.3 is 0 Å². The summed E-state index contributed by atoms with van der Waals surface area (Å²) in [6.45, 7) is 1.36. The van der Waals surface area contributed by atoms with Crippen LogP contribution in [0, 0.1) is 11.3 Å². The van der Waals surface area contributed by atoms with Crippen LogP contribution in [-0.4, -0.2) is 12.1 Å².